The van der Waals surface area contributed by atoms with E-state index in [0.717, 1.165) is 44.6 Å². The molecule has 0 spiro atoms. The molecule has 1 aromatic carbocycles. The summed E-state index contributed by atoms with van der Waals surface area (Å²) >= 11 is 0. The summed E-state index contributed by atoms with van der Waals surface area (Å²) < 4.78 is 18.8. The van der Waals surface area contributed by atoms with E-state index >= 15 is 0 Å². The van der Waals surface area contributed by atoms with Gasteiger partial charge in [-0.05, 0) is 30.5 Å². The second-order valence-corrected chi connectivity index (χ2v) is 5.26. The summed E-state index contributed by atoms with van der Waals surface area (Å²) in [5.41, 5.74) is 1.19. The number of nitrogens with zero attached hydrogens (tertiary/aromatic N) is 1. The van der Waals surface area contributed by atoms with E-state index in [0.29, 0.717) is 18.1 Å². The van der Waals surface area contributed by atoms with Crippen LogP contribution < -0.4 is 10.6 Å². The Labute approximate surface area is 138 Å². The van der Waals surface area contributed by atoms with Crippen LogP contribution in [0.4, 0.5) is 4.39 Å². The van der Waals surface area contributed by atoms with Crippen LogP contribution in [-0.2, 0) is 17.9 Å². The Kier molecular flexibility index (Phi) is 9.99. The van der Waals surface area contributed by atoms with Gasteiger partial charge in [0.15, 0.2) is 5.96 Å². The van der Waals surface area contributed by atoms with E-state index in [9.17, 15) is 4.39 Å². The van der Waals surface area contributed by atoms with Crippen LogP contribution in [0.2, 0.25) is 0 Å². The lowest BCUT2D eigenvalue weighted by atomic mass is 10.1. The largest absolute Gasteiger partial charge is 0.392 e. The molecule has 0 atom stereocenters. The number of benzene rings is 1. The Balaban J connectivity index is 2.26. The molecule has 5 nitrogen and oxygen atoms in total. The smallest absolute Gasteiger partial charge is 0.191 e. The summed E-state index contributed by atoms with van der Waals surface area (Å²) in [5, 5.41) is 15.4. The summed E-state index contributed by atoms with van der Waals surface area (Å²) in [6.07, 6.45) is 3.16. The van der Waals surface area contributed by atoms with Crippen LogP contribution in [0, 0.1) is 5.82 Å². The van der Waals surface area contributed by atoms with Crippen LogP contribution in [-0.4, -0.2) is 37.9 Å². The number of guanidine groups is 1. The number of aliphatic imine (C=N–C) groups is 1. The highest BCUT2D eigenvalue weighted by Gasteiger charge is 2.03. The molecule has 0 saturated heterocycles. The second-order valence-electron chi connectivity index (χ2n) is 5.26. The van der Waals surface area contributed by atoms with Crippen molar-refractivity contribution < 1.29 is 14.2 Å². The van der Waals surface area contributed by atoms with Gasteiger partial charge in [0.05, 0.1) is 6.61 Å². The molecule has 23 heavy (non-hydrogen) atoms. The Morgan fingerprint density at radius 2 is 2.04 bits per heavy atom. The van der Waals surface area contributed by atoms with Gasteiger partial charge in [-0.25, -0.2) is 4.39 Å². The van der Waals surface area contributed by atoms with Gasteiger partial charge >= 0.3 is 0 Å². The summed E-state index contributed by atoms with van der Waals surface area (Å²) in [7, 11) is 1.71. The first-order valence-electron chi connectivity index (χ1n) is 8.11. The molecule has 0 saturated carbocycles. The van der Waals surface area contributed by atoms with Crippen molar-refractivity contribution in [2.75, 3.05) is 26.8 Å². The molecule has 0 aliphatic carbocycles. The fourth-order valence-electron chi connectivity index (χ4n) is 2.00. The highest BCUT2D eigenvalue weighted by Crippen LogP contribution is 2.10. The summed E-state index contributed by atoms with van der Waals surface area (Å²) in [6, 6.07) is 4.71. The van der Waals surface area contributed by atoms with E-state index in [1.807, 2.05) is 0 Å². The first-order valence-corrected chi connectivity index (χ1v) is 8.11. The third-order valence-electron chi connectivity index (χ3n) is 3.36. The van der Waals surface area contributed by atoms with Gasteiger partial charge in [0.1, 0.15) is 5.82 Å². The number of unbranched alkanes of at least 4 members (excludes halogenated alkanes) is 1. The first-order chi connectivity index (χ1) is 11.2. The van der Waals surface area contributed by atoms with Crippen molar-refractivity contribution in [3.8, 4) is 0 Å². The average molecular weight is 325 g/mol. The van der Waals surface area contributed by atoms with Gasteiger partial charge in [-0.2, -0.15) is 0 Å². The zero-order chi connectivity index (χ0) is 16.9. The summed E-state index contributed by atoms with van der Waals surface area (Å²) in [5.74, 6) is 0.301. The Hall–Kier alpha value is -1.66. The van der Waals surface area contributed by atoms with Gasteiger partial charge in [0.2, 0.25) is 0 Å². The minimum absolute atomic E-state index is 0.301. The predicted octanol–water partition coefficient (Wildman–Crippen LogP) is 2.19. The van der Waals surface area contributed by atoms with Gasteiger partial charge in [-0.1, -0.05) is 19.4 Å². The van der Waals surface area contributed by atoms with Crippen molar-refractivity contribution in [3.05, 3.63) is 35.1 Å². The third kappa shape index (κ3) is 7.95. The van der Waals surface area contributed by atoms with Gasteiger partial charge in [-0.15, -0.1) is 0 Å². The Morgan fingerprint density at radius 3 is 2.74 bits per heavy atom. The normalized spacial score (nSPS) is 11.6. The molecule has 0 radical (unpaired) electrons. The minimum Gasteiger partial charge on any atom is -0.392 e. The third-order valence-corrected chi connectivity index (χ3v) is 3.36. The molecule has 0 aromatic heterocycles. The van der Waals surface area contributed by atoms with Crippen molar-refractivity contribution in [1.82, 2.24) is 10.6 Å². The molecular weight excluding hydrogens is 297 g/mol. The van der Waals surface area contributed by atoms with Crippen LogP contribution in [0.25, 0.3) is 0 Å². The van der Waals surface area contributed by atoms with Crippen LogP contribution in [0.15, 0.2) is 23.2 Å². The van der Waals surface area contributed by atoms with E-state index in [4.69, 9.17) is 9.84 Å². The quantitative estimate of drug-likeness (QED) is 0.350. The fourth-order valence-corrected chi connectivity index (χ4v) is 2.00. The van der Waals surface area contributed by atoms with Crippen LogP contribution in [0.5, 0.6) is 0 Å². The minimum atomic E-state index is -0.387. The molecule has 1 aromatic rings. The lowest BCUT2D eigenvalue weighted by molar-refractivity contribution is 0.129. The summed E-state index contributed by atoms with van der Waals surface area (Å²) in [6.45, 7) is 4.69. The van der Waals surface area contributed by atoms with Crippen molar-refractivity contribution in [2.45, 2.75) is 39.3 Å². The number of halogens is 1. The predicted molar refractivity (Wildman–Crippen MR) is 90.9 cm³/mol. The van der Waals surface area contributed by atoms with Gasteiger partial charge in [-0.3, -0.25) is 4.99 Å². The number of aliphatic hydroxyl groups is 1. The van der Waals surface area contributed by atoms with Gasteiger partial charge in [0, 0.05) is 38.9 Å². The fraction of sp³-hybridized carbons (Fsp3) is 0.588. The number of hydrogen-bond acceptors (Lipinski definition) is 3. The van der Waals surface area contributed by atoms with E-state index in [-0.39, 0.29) is 12.4 Å². The SMILES string of the molecule is CCCCOCCCNC(=NC)NCc1ccc(F)c(CO)c1. The molecule has 0 aliphatic heterocycles. The van der Waals surface area contributed by atoms with Crippen molar-refractivity contribution in [1.29, 1.82) is 0 Å². The highest BCUT2D eigenvalue weighted by atomic mass is 19.1. The zero-order valence-corrected chi connectivity index (χ0v) is 14.1. The second kappa shape index (κ2) is 11.8. The van der Waals surface area contributed by atoms with Crippen molar-refractivity contribution in [3.63, 3.8) is 0 Å². The maximum Gasteiger partial charge on any atom is 0.191 e. The number of rotatable bonds is 10. The van der Waals surface area contributed by atoms with Crippen molar-refractivity contribution in [2.24, 2.45) is 4.99 Å². The molecule has 1 rings (SSSR count). The molecule has 3 N–H and O–H groups in total. The summed E-state index contributed by atoms with van der Waals surface area (Å²) in [4.78, 5) is 4.14. The van der Waals surface area contributed by atoms with E-state index in [2.05, 4.69) is 22.5 Å². The molecular formula is C17H28FN3O2. The lowest BCUT2D eigenvalue weighted by Crippen LogP contribution is -2.37. The topological polar surface area (TPSA) is 65.9 Å². The molecule has 0 bridgehead atoms. The zero-order valence-electron chi connectivity index (χ0n) is 14.1. The maximum absolute atomic E-state index is 13.3. The van der Waals surface area contributed by atoms with Crippen LogP contribution >= 0.6 is 0 Å². The molecule has 0 amide bonds. The number of hydrogen-bond donors (Lipinski definition) is 3. The molecule has 0 aliphatic rings. The standard InChI is InChI=1S/C17H28FN3O2/c1-3-4-9-23-10-5-8-20-17(19-2)21-12-14-6-7-16(18)15(11-14)13-22/h6-7,11,22H,3-5,8-10,12-13H2,1-2H3,(H2,19,20,21). The molecule has 130 valence electrons. The lowest BCUT2D eigenvalue weighted by Gasteiger charge is -2.12. The first kappa shape index (κ1) is 19.4. The van der Waals surface area contributed by atoms with E-state index in [1.54, 1.807) is 19.2 Å². The average Bonchev–Trinajstić information content (AvgIpc) is 2.58. The Bertz CT molecular complexity index is 481. The van der Waals surface area contributed by atoms with E-state index in [1.165, 1.54) is 6.07 Å². The monoisotopic (exact) mass is 325 g/mol. The maximum atomic E-state index is 13.3. The number of ether oxygens (including phenoxy) is 1. The van der Waals surface area contributed by atoms with Gasteiger partial charge < -0.3 is 20.5 Å². The highest BCUT2D eigenvalue weighted by molar-refractivity contribution is 5.79. The molecule has 0 unspecified atom stereocenters. The van der Waals surface area contributed by atoms with Crippen molar-refractivity contribution >= 4 is 5.96 Å². The van der Waals surface area contributed by atoms with E-state index < -0.39 is 0 Å². The van der Waals surface area contributed by atoms with Crippen LogP contribution in [0.3, 0.4) is 0 Å². The molecule has 6 heteroatoms. The van der Waals surface area contributed by atoms with Crippen LogP contribution in [0.1, 0.15) is 37.3 Å². The molecule has 0 fully saturated rings. The number of nitrogens with one attached hydrogen (secondary N) is 2. The number of aliphatic hydroxyl groups excluding tert-OH is 1. The molecule has 0 heterocycles. The van der Waals surface area contributed by atoms with Gasteiger partial charge in [0.25, 0.3) is 0 Å². The Morgan fingerprint density at radius 1 is 1.26 bits per heavy atom.